The number of pyridine rings is 1. The number of hydrogen-bond acceptors (Lipinski definition) is 4. The predicted octanol–water partition coefficient (Wildman–Crippen LogP) is 4.07. The van der Waals surface area contributed by atoms with Crippen molar-refractivity contribution in [3.63, 3.8) is 0 Å². The van der Waals surface area contributed by atoms with E-state index < -0.39 is 0 Å². The van der Waals surface area contributed by atoms with Crippen LogP contribution in [0.3, 0.4) is 0 Å². The second kappa shape index (κ2) is 7.95. The molecule has 0 radical (unpaired) electrons. The van der Waals surface area contributed by atoms with E-state index in [9.17, 15) is 4.79 Å². The van der Waals surface area contributed by atoms with Crippen LogP contribution in [0.5, 0.6) is 0 Å². The van der Waals surface area contributed by atoms with E-state index in [1.807, 2.05) is 32.0 Å². The van der Waals surface area contributed by atoms with Crippen molar-refractivity contribution in [1.29, 1.82) is 5.26 Å². The molecule has 2 N–H and O–H groups in total. The molecule has 1 aromatic heterocycles. The number of nitrogens with one attached hydrogen (secondary N) is 2. The van der Waals surface area contributed by atoms with Gasteiger partial charge in [-0.3, -0.25) is 4.79 Å². The number of amides is 1. The third-order valence-electron chi connectivity index (χ3n) is 3.65. The van der Waals surface area contributed by atoms with Gasteiger partial charge in [0, 0.05) is 11.6 Å². The Morgan fingerprint density at radius 1 is 1.22 bits per heavy atom. The minimum absolute atomic E-state index is 0.0271. The summed E-state index contributed by atoms with van der Waals surface area (Å²) in [5.41, 5.74) is 2.06. The van der Waals surface area contributed by atoms with Crippen molar-refractivity contribution < 1.29 is 4.79 Å². The molecular formula is C18H20N4O. The summed E-state index contributed by atoms with van der Waals surface area (Å²) in [7, 11) is 0. The summed E-state index contributed by atoms with van der Waals surface area (Å²) < 4.78 is 0. The monoisotopic (exact) mass is 308 g/mol. The largest absolute Gasteiger partial charge is 0.340 e. The van der Waals surface area contributed by atoms with E-state index >= 15 is 0 Å². The van der Waals surface area contributed by atoms with Gasteiger partial charge in [0.2, 0.25) is 5.91 Å². The molecule has 1 aromatic carbocycles. The Kier molecular flexibility index (Phi) is 5.70. The quantitative estimate of drug-likeness (QED) is 0.843. The molecule has 0 aliphatic rings. The van der Waals surface area contributed by atoms with Gasteiger partial charge in [-0.1, -0.05) is 19.9 Å². The van der Waals surface area contributed by atoms with Gasteiger partial charge in [-0.15, -0.1) is 0 Å². The second-order valence-corrected chi connectivity index (χ2v) is 5.25. The van der Waals surface area contributed by atoms with Crippen LogP contribution in [0.2, 0.25) is 0 Å². The average molecular weight is 308 g/mol. The number of benzene rings is 1. The molecule has 0 atom stereocenters. The number of nitrogens with zero attached hydrogens (tertiary/aromatic N) is 2. The van der Waals surface area contributed by atoms with E-state index in [1.165, 1.54) is 0 Å². The fraction of sp³-hybridized carbons (Fsp3) is 0.278. The molecule has 0 saturated carbocycles. The molecule has 1 heterocycles. The van der Waals surface area contributed by atoms with Crippen LogP contribution < -0.4 is 10.6 Å². The number of anilines is 3. The predicted molar refractivity (Wildman–Crippen MR) is 91.4 cm³/mol. The highest BCUT2D eigenvalue weighted by Gasteiger charge is 2.14. The Hall–Kier alpha value is -2.87. The normalized spacial score (nSPS) is 10.2. The first-order chi connectivity index (χ1) is 11.2. The minimum Gasteiger partial charge on any atom is -0.340 e. The van der Waals surface area contributed by atoms with Gasteiger partial charge < -0.3 is 10.6 Å². The SMILES string of the molecule is CCC(CC)C(=O)Nc1ccc(Nc2cccc(C#N)c2)nc1. The van der Waals surface area contributed by atoms with Crippen LogP contribution in [0.15, 0.2) is 42.6 Å². The number of hydrogen-bond donors (Lipinski definition) is 2. The van der Waals surface area contributed by atoms with Crippen LogP contribution in [-0.4, -0.2) is 10.9 Å². The molecule has 23 heavy (non-hydrogen) atoms. The van der Waals surface area contributed by atoms with Crippen LogP contribution in [0.1, 0.15) is 32.3 Å². The summed E-state index contributed by atoms with van der Waals surface area (Å²) in [6, 6.07) is 12.9. The summed E-state index contributed by atoms with van der Waals surface area (Å²) in [4.78, 5) is 16.3. The van der Waals surface area contributed by atoms with Crippen molar-refractivity contribution in [2.45, 2.75) is 26.7 Å². The van der Waals surface area contributed by atoms with Gasteiger partial charge in [0.1, 0.15) is 5.82 Å². The number of rotatable bonds is 6. The van der Waals surface area contributed by atoms with Crippen molar-refractivity contribution in [3.8, 4) is 6.07 Å². The maximum Gasteiger partial charge on any atom is 0.227 e. The molecule has 2 aromatic rings. The van der Waals surface area contributed by atoms with E-state index in [-0.39, 0.29) is 11.8 Å². The molecule has 2 rings (SSSR count). The molecule has 0 spiro atoms. The van der Waals surface area contributed by atoms with Crippen molar-refractivity contribution in [2.75, 3.05) is 10.6 Å². The molecule has 0 bridgehead atoms. The Morgan fingerprint density at radius 3 is 2.61 bits per heavy atom. The molecule has 0 aliphatic carbocycles. The standard InChI is InChI=1S/C18H20N4O/c1-3-14(4-2)18(23)22-16-8-9-17(20-12-16)21-15-7-5-6-13(10-15)11-19/h5-10,12,14H,3-4H2,1-2H3,(H,20,21)(H,22,23). The number of aromatic nitrogens is 1. The van der Waals surface area contributed by atoms with E-state index in [4.69, 9.17) is 5.26 Å². The molecule has 5 nitrogen and oxygen atoms in total. The first-order valence-electron chi connectivity index (χ1n) is 7.70. The minimum atomic E-state index is 0.0271. The zero-order valence-corrected chi connectivity index (χ0v) is 13.3. The zero-order chi connectivity index (χ0) is 16.7. The average Bonchev–Trinajstić information content (AvgIpc) is 2.58. The molecule has 1 amide bonds. The zero-order valence-electron chi connectivity index (χ0n) is 13.3. The molecule has 118 valence electrons. The van der Waals surface area contributed by atoms with Crippen molar-refractivity contribution in [3.05, 3.63) is 48.2 Å². The molecule has 0 aliphatic heterocycles. The van der Waals surface area contributed by atoms with Crippen LogP contribution in [0, 0.1) is 17.2 Å². The van der Waals surface area contributed by atoms with Crippen molar-refractivity contribution in [2.24, 2.45) is 5.92 Å². The lowest BCUT2D eigenvalue weighted by atomic mass is 10.0. The van der Waals surface area contributed by atoms with Gasteiger partial charge in [-0.25, -0.2) is 4.98 Å². The topological polar surface area (TPSA) is 77.8 Å². The van der Waals surface area contributed by atoms with Gasteiger partial charge in [-0.2, -0.15) is 5.26 Å². The summed E-state index contributed by atoms with van der Waals surface area (Å²) in [6.07, 6.45) is 3.27. The van der Waals surface area contributed by atoms with E-state index in [1.54, 1.807) is 24.4 Å². The van der Waals surface area contributed by atoms with Crippen LogP contribution in [-0.2, 0) is 4.79 Å². The van der Waals surface area contributed by atoms with Crippen LogP contribution in [0.4, 0.5) is 17.2 Å². The maximum atomic E-state index is 12.0. The van der Waals surface area contributed by atoms with Gasteiger partial charge in [0.05, 0.1) is 23.5 Å². The lowest BCUT2D eigenvalue weighted by molar-refractivity contribution is -0.120. The maximum absolute atomic E-state index is 12.0. The van der Waals surface area contributed by atoms with Crippen molar-refractivity contribution in [1.82, 2.24) is 4.98 Å². The molecule has 0 fully saturated rings. The van der Waals surface area contributed by atoms with Gasteiger partial charge in [-0.05, 0) is 43.2 Å². The molecule has 0 unspecified atom stereocenters. The van der Waals surface area contributed by atoms with Crippen molar-refractivity contribution >= 4 is 23.1 Å². The summed E-state index contributed by atoms with van der Waals surface area (Å²) in [6.45, 7) is 4.02. The van der Waals surface area contributed by atoms with Crippen LogP contribution >= 0.6 is 0 Å². The lowest BCUT2D eigenvalue weighted by Gasteiger charge is -2.13. The smallest absolute Gasteiger partial charge is 0.227 e. The van der Waals surface area contributed by atoms with E-state index in [2.05, 4.69) is 21.7 Å². The lowest BCUT2D eigenvalue weighted by Crippen LogP contribution is -2.21. The summed E-state index contributed by atoms with van der Waals surface area (Å²) >= 11 is 0. The highest BCUT2D eigenvalue weighted by Crippen LogP contribution is 2.18. The Balaban J connectivity index is 2.02. The van der Waals surface area contributed by atoms with E-state index in [0.29, 0.717) is 17.1 Å². The number of carbonyl (C=O) groups excluding carboxylic acids is 1. The second-order valence-electron chi connectivity index (χ2n) is 5.25. The highest BCUT2D eigenvalue weighted by molar-refractivity contribution is 5.92. The van der Waals surface area contributed by atoms with E-state index in [0.717, 1.165) is 18.5 Å². The van der Waals surface area contributed by atoms with Gasteiger partial charge >= 0.3 is 0 Å². The molecular weight excluding hydrogens is 288 g/mol. The van der Waals surface area contributed by atoms with Crippen LogP contribution in [0.25, 0.3) is 0 Å². The molecule has 0 saturated heterocycles. The fourth-order valence-corrected chi connectivity index (χ4v) is 2.26. The third-order valence-corrected chi connectivity index (χ3v) is 3.65. The first kappa shape index (κ1) is 16.5. The fourth-order valence-electron chi connectivity index (χ4n) is 2.26. The molecule has 5 heteroatoms. The highest BCUT2D eigenvalue weighted by atomic mass is 16.1. The summed E-state index contributed by atoms with van der Waals surface area (Å²) in [5.74, 6) is 0.710. The Bertz CT molecular complexity index is 700. The Labute approximate surface area is 136 Å². The number of nitriles is 1. The van der Waals surface area contributed by atoms with Gasteiger partial charge in [0.25, 0.3) is 0 Å². The third kappa shape index (κ3) is 4.55. The summed E-state index contributed by atoms with van der Waals surface area (Å²) in [5, 5.41) is 14.9. The number of carbonyl (C=O) groups is 1. The first-order valence-corrected chi connectivity index (χ1v) is 7.70. The Morgan fingerprint density at radius 2 is 2.00 bits per heavy atom. The van der Waals surface area contributed by atoms with Gasteiger partial charge in [0.15, 0.2) is 0 Å².